The van der Waals surface area contributed by atoms with Crippen LogP contribution in [-0.4, -0.2) is 5.11 Å². The Labute approximate surface area is 110 Å². The fourth-order valence-corrected chi connectivity index (χ4v) is 1.89. The van der Waals surface area contributed by atoms with Gasteiger partial charge in [-0.3, -0.25) is 0 Å². The van der Waals surface area contributed by atoms with Gasteiger partial charge < -0.3 is 10.4 Å². The number of hydrogen-bond acceptors (Lipinski definition) is 2. The van der Waals surface area contributed by atoms with E-state index in [1.54, 1.807) is 37.3 Å². The van der Waals surface area contributed by atoms with E-state index in [2.05, 4.69) is 5.32 Å². The first-order chi connectivity index (χ1) is 8.59. The van der Waals surface area contributed by atoms with Gasteiger partial charge in [0.05, 0.1) is 5.02 Å². The van der Waals surface area contributed by atoms with Gasteiger partial charge in [-0.15, -0.1) is 0 Å². The van der Waals surface area contributed by atoms with Crippen LogP contribution in [-0.2, 0) is 6.54 Å². The van der Waals surface area contributed by atoms with Crippen LogP contribution < -0.4 is 5.32 Å². The molecule has 0 aliphatic carbocycles. The zero-order chi connectivity index (χ0) is 13.1. The van der Waals surface area contributed by atoms with Gasteiger partial charge in [0.2, 0.25) is 0 Å². The zero-order valence-electron chi connectivity index (χ0n) is 9.87. The molecule has 2 N–H and O–H groups in total. The van der Waals surface area contributed by atoms with E-state index < -0.39 is 0 Å². The fourth-order valence-electron chi connectivity index (χ4n) is 1.69. The van der Waals surface area contributed by atoms with E-state index in [9.17, 15) is 9.50 Å². The Morgan fingerprint density at radius 1 is 1.22 bits per heavy atom. The normalized spacial score (nSPS) is 10.4. The second kappa shape index (κ2) is 5.27. The molecule has 0 unspecified atom stereocenters. The van der Waals surface area contributed by atoms with Crippen LogP contribution in [0.4, 0.5) is 10.1 Å². The van der Waals surface area contributed by atoms with Crippen molar-refractivity contribution in [2.24, 2.45) is 0 Å². The predicted molar refractivity (Wildman–Crippen MR) is 71.6 cm³/mol. The monoisotopic (exact) mass is 265 g/mol. The molecule has 2 nitrogen and oxygen atoms in total. The maximum absolute atomic E-state index is 13.3. The molecule has 0 atom stereocenters. The van der Waals surface area contributed by atoms with Gasteiger partial charge in [-0.1, -0.05) is 29.8 Å². The SMILES string of the molecule is Cc1c(F)cccc1NCc1cccc(Cl)c1O. The summed E-state index contributed by atoms with van der Waals surface area (Å²) in [5.74, 6) is -0.198. The lowest BCUT2D eigenvalue weighted by atomic mass is 10.1. The highest BCUT2D eigenvalue weighted by Gasteiger charge is 2.06. The highest BCUT2D eigenvalue weighted by molar-refractivity contribution is 6.32. The standard InChI is InChI=1S/C14H13ClFNO/c1-9-12(16)6-3-7-13(9)17-8-10-4-2-5-11(15)14(10)18/h2-7,17-18H,8H2,1H3. The first-order valence-electron chi connectivity index (χ1n) is 5.55. The summed E-state index contributed by atoms with van der Waals surface area (Å²) < 4.78 is 13.3. The molecule has 0 aliphatic rings. The van der Waals surface area contributed by atoms with Gasteiger partial charge in [0.15, 0.2) is 0 Å². The van der Waals surface area contributed by atoms with Crippen LogP contribution in [0.1, 0.15) is 11.1 Å². The fraction of sp³-hybridized carbons (Fsp3) is 0.143. The number of halogens is 2. The van der Waals surface area contributed by atoms with E-state index >= 15 is 0 Å². The van der Waals surface area contributed by atoms with Crippen molar-refractivity contribution in [2.45, 2.75) is 13.5 Å². The number of phenolic OH excluding ortho intramolecular Hbond substituents is 1. The highest BCUT2D eigenvalue weighted by Crippen LogP contribution is 2.28. The van der Waals surface area contributed by atoms with Gasteiger partial charge in [0.1, 0.15) is 11.6 Å². The van der Waals surface area contributed by atoms with E-state index in [4.69, 9.17) is 11.6 Å². The first-order valence-corrected chi connectivity index (χ1v) is 5.92. The Morgan fingerprint density at radius 2 is 1.94 bits per heavy atom. The average molecular weight is 266 g/mol. The second-order valence-corrected chi connectivity index (χ2v) is 4.42. The Kier molecular flexibility index (Phi) is 3.72. The summed E-state index contributed by atoms with van der Waals surface area (Å²) in [5, 5.41) is 13.1. The van der Waals surface area contributed by atoms with E-state index in [-0.39, 0.29) is 11.6 Å². The summed E-state index contributed by atoms with van der Waals surface area (Å²) in [7, 11) is 0. The zero-order valence-corrected chi connectivity index (χ0v) is 10.6. The minimum Gasteiger partial charge on any atom is -0.506 e. The number of rotatable bonds is 3. The Balaban J connectivity index is 2.17. The molecule has 4 heteroatoms. The van der Waals surface area contributed by atoms with E-state index in [0.29, 0.717) is 28.4 Å². The smallest absolute Gasteiger partial charge is 0.139 e. The number of aromatic hydroxyl groups is 1. The van der Waals surface area contributed by atoms with E-state index in [1.807, 2.05) is 0 Å². The summed E-state index contributed by atoms with van der Waals surface area (Å²) in [6.07, 6.45) is 0. The van der Waals surface area contributed by atoms with Crippen LogP contribution in [0.3, 0.4) is 0 Å². The largest absolute Gasteiger partial charge is 0.506 e. The van der Waals surface area contributed by atoms with Gasteiger partial charge in [-0.05, 0) is 25.1 Å². The molecular weight excluding hydrogens is 253 g/mol. The molecule has 2 aromatic rings. The number of benzene rings is 2. The molecule has 0 radical (unpaired) electrons. The third kappa shape index (κ3) is 2.57. The summed E-state index contributed by atoms with van der Waals surface area (Å²) >= 11 is 5.81. The molecule has 0 heterocycles. The quantitative estimate of drug-likeness (QED) is 0.875. The van der Waals surface area contributed by atoms with Crippen LogP contribution in [0, 0.1) is 12.7 Å². The van der Waals surface area contributed by atoms with Crippen molar-refractivity contribution in [2.75, 3.05) is 5.32 Å². The summed E-state index contributed by atoms with van der Waals surface area (Å²) in [6.45, 7) is 2.09. The van der Waals surface area contributed by atoms with Gasteiger partial charge in [-0.2, -0.15) is 0 Å². The van der Waals surface area contributed by atoms with E-state index in [0.717, 1.165) is 0 Å². The molecule has 0 saturated heterocycles. The maximum atomic E-state index is 13.3. The van der Waals surface area contributed by atoms with Crippen molar-refractivity contribution in [3.63, 3.8) is 0 Å². The first kappa shape index (κ1) is 12.7. The van der Waals surface area contributed by atoms with Gasteiger partial charge in [-0.25, -0.2) is 4.39 Å². The van der Waals surface area contributed by atoms with Crippen molar-refractivity contribution in [1.29, 1.82) is 0 Å². The second-order valence-electron chi connectivity index (χ2n) is 4.01. The van der Waals surface area contributed by atoms with E-state index in [1.165, 1.54) is 6.07 Å². The summed E-state index contributed by atoms with van der Waals surface area (Å²) in [6, 6.07) is 9.99. The number of nitrogens with one attached hydrogen (secondary N) is 1. The molecule has 0 aromatic heterocycles. The molecule has 0 aliphatic heterocycles. The molecule has 0 amide bonds. The molecule has 0 saturated carbocycles. The van der Waals surface area contributed by atoms with Crippen molar-refractivity contribution in [3.8, 4) is 5.75 Å². The molecule has 2 aromatic carbocycles. The van der Waals surface area contributed by atoms with Crippen LogP contribution in [0.5, 0.6) is 5.75 Å². The molecule has 0 bridgehead atoms. The predicted octanol–water partition coefficient (Wildman–Crippen LogP) is 4.11. The van der Waals surface area contributed by atoms with Crippen LogP contribution in [0.15, 0.2) is 36.4 Å². The van der Waals surface area contributed by atoms with Crippen molar-refractivity contribution >= 4 is 17.3 Å². The molecule has 0 spiro atoms. The summed E-state index contributed by atoms with van der Waals surface area (Å²) in [4.78, 5) is 0. The lowest BCUT2D eigenvalue weighted by Gasteiger charge is -2.11. The third-order valence-corrected chi connectivity index (χ3v) is 3.11. The van der Waals surface area contributed by atoms with Crippen molar-refractivity contribution in [3.05, 3.63) is 58.4 Å². The maximum Gasteiger partial charge on any atom is 0.139 e. The number of para-hydroxylation sites is 1. The molecular formula is C14H13ClFNO. The lowest BCUT2D eigenvalue weighted by molar-refractivity contribution is 0.469. The van der Waals surface area contributed by atoms with Crippen molar-refractivity contribution < 1.29 is 9.50 Å². The average Bonchev–Trinajstić information content (AvgIpc) is 2.36. The molecule has 2 rings (SSSR count). The topological polar surface area (TPSA) is 32.3 Å². The minimum absolute atomic E-state index is 0.0562. The Bertz CT molecular complexity index is 520. The highest BCUT2D eigenvalue weighted by atomic mass is 35.5. The Hall–Kier alpha value is -1.74. The number of phenols is 1. The third-order valence-electron chi connectivity index (χ3n) is 2.81. The van der Waals surface area contributed by atoms with Crippen LogP contribution >= 0.6 is 11.6 Å². The molecule has 18 heavy (non-hydrogen) atoms. The number of anilines is 1. The van der Waals surface area contributed by atoms with Crippen LogP contribution in [0.25, 0.3) is 0 Å². The molecule has 0 fully saturated rings. The molecule has 94 valence electrons. The van der Waals surface area contributed by atoms with Crippen molar-refractivity contribution in [1.82, 2.24) is 0 Å². The minimum atomic E-state index is -0.254. The number of hydrogen-bond donors (Lipinski definition) is 2. The van der Waals surface area contributed by atoms with Crippen LogP contribution in [0.2, 0.25) is 5.02 Å². The Morgan fingerprint density at radius 3 is 2.72 bits per heavy atom. The van der Waals surface area contributed by atoms with Gasteiger partial charge in [0.25, 0.3) is 0 Å². The van der Waals surface area contributed by atoms with Gasteiger partial charge >= 0.3 is 0 Å². The van der Waals surface area contributed by atoms with Gasteiger partial charge in [0, 0.05) is 23.4 Å². The summed E-state index contributed by atoms with van der Waals surface area (Å²) in [5.41, 5.74) is 1.93. The lowest BCUT2D eigenvalue weighted by Crippen LogP contribution is -2.02.